The van der Waals surface area contributed by atoms with Crippen LogP contribution < -0.4 is 4.72 Å². The molecule has 0 atom stereocenters. The summed E-state index contributed by atoms with van der Waals surface area (Å²) in [6, 6.07) is 1.81. The van der Waals surface area contributed by atoms with Gasteiger partial charge in [0.1, 0.15) is 12.1 Å². The molecule has 0 amide bonds. The summed E-state index contributed by atoms with van der Waals surface area (Å²) in [5.74, 6) is -2.51. The zero-order valence-electron chi connectivity index (χ0n) is 10.7. The van der Waals surface area contributed by atoms with Crippen molar-refractivity contribution in [2.45, 2.75) is 11.8 Å². The fourth-order valence-corrected chi connectivity index (χ4v) is 2.75. The van der Waals surface area contributed by atoms with Crippen LogP contribution in [0.5, 0.6) is 0 Å². The normalized spacial score (nSPS) is 11.1. The van der Waals surface area contributed by atoms with E-state index in [1.54, 1.807) is 0 Å². The number of aromatic carboxylic acids is 1. The van der Waals surface area contributed by atoms with E-state index in [9.17, 15) is 17.6 Å². The van der Waals surface area contributed by atoms with Crippen LogP contribution in [-0.4, -0.2) is 29.5 Å². The van der Waals surface area contributed by atoms with Crippen molar-refractivity contribution < 1.29 is 22.7 Å². The number of nitrogens with one attached hydrogen (secondary N) is 1. The first-order chi connectivity index (χ1) is 9.81. The Balaban J connectivity index is 2.48. The van der Waals surface area contributed by atoms with Gasteiger partial charge in [-0.2, -0.15) is 0 Å². The average Bonchev–Trinajstić information content (AvgIpc) is 2.41. The number of carboxylic acid groups (broad SMARTS) is 1. The topological polar surface area (TPSA) is 109 Å². The molecule has 1 aromatic heterocycles. The van der Waals surface area contributed by atoms with Crippen LogP contribution in [0.4, 0.5) is 10.1 Å². The minimum absolute atomic E-state index is 0.0837. The fraction of sp³-hybridized carbons (Fsp3) is 0.0833. The summed E-state index contributed by atoms with van der Waals surface area (Å²) in [5.41, 5.74) is -0.685. The summed E-state index contributed by atoms with van der Waals surface area (Å²) in [5, 5.41) is 8.89. The summed E-state index contributed by atoms with van der Waals surface area (Å²) >= 11 is 0. The van der Waals surface area contributed by atoms with Gasteiger partial charge < -0.3 is 5.11 Å². The van der Waals surface area contributed by atoms with Gasteiger partial charge in [0.2, 0.25) is 0 Å². The van der Waals surface area contributed by atoms with Crippen LogP contribution in [0.3, 0.4) is 0 Å². The SMILES string of the molecule is Cc1cc(S(=O)(=O)Nc2cncnc2)cc(C(=O)O)c1F. The average molecular weight is 311 g/mol. The van der Waals surface area contributed by atoms with Crippen molar-refractivity contribution in [3.05, 3.63) is 47.8 Å². The van der Waals surface area contributed by atoms with E-state index in [1.807, 2.05) is 0 Å². The molecule has 0 fully saturated rings. The van der Waals surface area contributed by atoms with E-state index in [0.717, 1.165) is 12.1 Å². The smallest absolute Gasteiger partial charge is 0.338 e. The van der Waals surface area contributed by atoms with Crippen LogP contribution in [0.1, 0.15) is 15.9 Å². The molecule has 0 aliphatic rings. The minimum Gasteiger partial charge on any atom is -0.478 e. The predicted molar refractivity (Wildman–Crippen MR) is 70.9 cm³/mol. The largest absolute Gasteiger partial charge is 0.478 e. The van der Waals surface area contributed by atoms with Gasteiger partial charge in [0, 0.05) is 0 Å². The van der Waals surface area contributed by atoms with E-state index < -0.39 is 27.4 Å². The molecule has 1 aromatic carbocycles. The van der Waals surface area contributed by atoms with Crippen molar-refractivity contribution in [3.8, 4) is 0 Å². The maximum absolute atomic E-state index is 13.6. The van der Waals surface area contributed by atoms with Crippen molar-refractivity contribution in [1.82, 2.24) is 9.97 Å². The van der Waals surface area contributed by atoms with Crippen molar-refractivity contribution in [1.29, 1.82) is 0 Å². The molecule has 9 heteroatoms. The zero-order chi connectivity index (χ0) is 15.6. The highest BCUT2D eigenvalue weighted by molar-refractivity contribution is 7.92. The van der Waals surface area contributed by atoms with Crippen molar-refractivity contribution in [2.75, 3.05) is 4.72 Å². The third kappa shape index (κ3) is 3.14. The van der Waals surface area contributed by atoms with Gasteiger partial charge in [-0.15, -0.1) is 0 Å². The molecule has 2 aromatic rings. The third-order valence-corrected chi connectivity index (χ3v) is 3.94. The Kier molecular flexibility index (Phi) is 3.85. The highest BCUT2D eigenvalue weighted by Crippen LogP contribution is 2.21. The van der Waals surface area contributed by atoms with E-state index in [4.69, 9.17) is 5.11 Å². The molecule has 0 radical (unpaired) electrons. The van der Waals surface area contributed by atoms with Gasteiger partial charge in [-0.25, -0.2) is 27.6 Å². The van der Waals surface area contributed by atoms with Gasteiger partial charge in [-0.1, -0.05) is 0 Å². The summed E-state index contributed by atoms with van der Waals surface area (Å²) in [4.78, 5) is 17.9. The zero-order valence-corrected chi connectivity index (χ0v) is 11.6. The number of halogens is 1. The number of hydrogen-bond acceptors (Lipinski definition) is 5. The summed E-state index contributed by atoms with van der Waals surface area (Å²) < 4.78 is 40.1. The Hall–Kier alpha value is -2.55. The predicted octanol–water partition coefficient (Wildman–Crippen LogP) is 1.42. The van der Waals surface area contributed by atoms with Crippen LogP contribution in [0, 0.1) is 12.7 Å². The van der Waals surface area contributed by atoms with Crippen molar-refractivity contribution in [2.24, 2.45) is 0 Å². The molecule has 1 heterocycles. The number of carboxylic acids is 1. The van der Waals surface area contributed by atoms with E-state index >= 15 is 0 Å². The number of hydrogen-bond donors (Lipinski definition) is 2. The van der Waals surface area contributed by atoms with Crippen LogP contribution in [0.25, 0.3) is 0 Å². The molecule has 7 nitrogen and oxygen atoms in total. The molecule has 0 spiro atoms. The maximum Gasteiger partial charge on any atom is 0.338 e. The summed E-state index contributed by atoms with van der Waals surface area (Å²) in [6.07, 6.45) is 3.69. The van der Waals surface area contributed by atoms with Gasteiger partial charge in [-0.3, -0.25) is 4.72 Å². The Morgan fingerprint density at radius 2 is 1.90 bits per heavy atom. The first-order valence-electron chi connectivity index (χ1n) is 5.62. The number of aromatic nitrogens is 2. The molecular formula is C12H10FN3O4S. The van der Waals surface area contributed by atoms with Crippen LogP contribution in [0.2, 0.25) is 0 Å². The lowest BCUT2D eigenvalue weighted by molar-refractivity contribution is 0.0691. The Morgan fingerprint density at radius 3 is 2.48 bits per heavy atom. The Bertz CT molecular complexity index is 794. The quantitative estimate of drug-likeness (QED) is 0.884. The second kappa shape index (κ2) is 5.44. The maximum atomic E-state index is 13.6. The summed E-state index contributed by atoms with van der Waals surface area (Å²) in [7, 11) is -4.07. The third-order valence-electron chi connectivity index (χ3n) is 2.58. The highest BCUT2D eigenvalue weighted by Gasteiger charge is 2.21. The van der Waals surface area contributed by atoms with E-state index in [2.05, 4.69) is 14.7 Å². The number of anilines is 1. The van der Waals surface area contributed by atoms with E-state index in [1.165, 1.54) is 25.6 Å². The molecule has 0 bridgehead atoms. The second-order valence-electron chi connectivity index (χ2n) is 4.14. The van der Waals surface area contributed by atoms with Gasteiger partial charge >= 0.3 is 5.97 Å². The second-order valence-corrected chi connectivity index (χ2v) is 5.82. The van der Waals surface area contributed by atoms with E-state index in [0.29, 0.717) is 0 Å². The number of carbonyl (C=O) groups is 1. The van der Waals surface area contributed by atoms with E-state index in [-0.39, 0.29) is 16.1 Å². The lowest BCUT2D eigenvalue weighted by Gasteiger charge is -2.10. The molecule has 110 valence electrons. The van der Waals surface area contributed by atoms with Crippen molar-refractivity contribution in [3.63, 3.8) is 0 Å². The fourth-order valence-electron chi connectivity index (χ4n) is 1.61. The number of aryl methyl sites for hydroxylation is 1. The van der Waals surface area contributed by atoms with Crippen LogP contribution in [-0.2, 0) is 10.0 Å². The molecule has 0 saturated heterocycles. The highest BCUT2D eigenvalue weighted by atomic mass is 32.2. The molecule has 21 heavy (non-hydrogen) atoms. The van der Waals surface area contributed by atoms with Crippen molar-refractivity contribution >= 4 is 21.7 Å². The van der Waals surface area contributed by atoms with Gasteiger partial charge in [0.25, 0.3) is 10.0 Å². The number of sulfonamides is 1. The number of rotatable bonds is 4. The Morgan fingerprint density at radius 1 is 1.29 bits per heavy atom. The molecule has 0 aliphatic carbocycles. The number of nitrogens with zero attached hydrogens (tertiary/aromatic N) is 2. The molecule has 0 saturated carbocycles. The standard InChI is InChI=1S/C12H10FN3O4S/c1-7-2-9(3-10(11(7)13)12(17)18)21(19,20)16-8-4-14-6-15-5-8/h2-6,16H,1H3,(H,17,18). The van der Waals surface area contributed by atoms with Gasteiger partial charge in [0.05, 0.1) is 28.5 Å². The molecular weight excluding hydrogens is 301 g/mol. The van der Waals surface area contributed by atoms with Gasteiger partial charge in [-0.05, 0) is 24.6 Å². The minimum atomic E-state index is -4.07. The molecule has 0 unspecified atom stereocenters. The molecule has 0 aliphatic heterocycles. The molecule has 2 rings (SSSR count). The Labute approximate surface area is 119 Å². The lowest BCUT2D eigenvalue weighted by atomic mass is 10.1. The van der Waals surface area contributed by atoms with Crippen LogP contribution >= 0.6 is 0 Å². The van der Waals surface area contributed by atoms with Crippen LogP contribution in [0.15, 0.2) is 35.7 Å². The first-order valence-corrected chi connectivity index (χ1v) is 7.11. The lowest BCUT2D eigenvalue weighted by Crippen LogP contribution is -2.15. The van der Waals surface area contributed by atoms with Gasteiger partial charge in [0.15, 0.2) is 0 Å². The molecule has 2 N–H and O–H groups in total. The summed E-state index contributed by atoms with van der Waals surface area (Å²) in [6.45, 7) is 1.28. The first kappa shape index (κ1) is 14.9. The monoisotopic (exact) mass is 311 g/mol. The number of benzene rings is 1.